The molecule has 0 aliphatic heterocycles. The van der Waals surface area contributed by atoms with Gasteiger partial charge in [-0.15, -0.1) is 10.2 Å². The van der Waals surface area contributed by atoms with Crippen LogP contribution in [0.4, 0.5) is 5.69 Å². The van der Waals surface area contributed by atoms with Gasteiger partial charge in [-0.25, -0.2) is 0 Å². The number of amides is 1. The second-order valence-corrected chi connectivity index (χ2v) is 6.67. The van der Waals surface area contributed by atoms with E-state index in [1.54, 1.807) is 38.4 Å². The molecule has 0 fully saturated rings. The zero-order valence-electron chi connectivity index (χ0n) is 15.2. The lowest BCUT2D eigenvalue weighted by Gasteiger charge is -2.10. The van der Waals surface area contributed by atoms with Crippen molar-refractivity contribution >= 4 is 39.9 Å². The third-order valence-electron chi connectivity index (χ3n) is 4.58. The summed E-state index contributed by atoms with van der Waals surface area (Å²) in [7, 11) is 3.23. The van der Waals surface area contributed by atoms with Gasteiger partial charge < -0.3 is 10.6 Å². The van der Waals surface area contributed by atoms with Gasteiger partial charge in [-0.1, -0.05) is 23.7 Å². The molecule has 2 N–H and O–H groups in total. The average molecular weight is 397 g/mol. The van der Waals surface area contributed by atoms with E-state index < -0.39 is 0 Å². The number of benzene rings is 2. The SMILES string of the molecule is CNC(=O)c1ccc(NCc2nnc3n(C)c(=O)c4ccccc4n23)cc1Cl. The molecule has 2 aromatic carbocycles. The molecule has 28 heavy (non-hydrogen) atoms. The van der Waals surface area contributed by atoms with Crippen molar-refractivity contribution in [1.29, 1.82) is 0 Å². The van der Waals surface area contributed by atoms with Crippen LogP contribution in [0.3, 0.4) is 0 Å². The van der Waals surface area contributed by atoms with Crippen LogP contribution in [0, 0.1) is 0 Å². The lowest BCUT2D eigenvalue weighted by molar-refractivity contribution is 0.0963. The Labute approximate surface area is 164 Å². The van der Waals surface area contributed by atoms with E-state index >= 15 is 0 Å². The quantitative estimate of drug-likeness (QED) is 0.551. The molecule has 8 nitrogen and oxygen atoms in total. The number of fused-ring (bicyclic) bond motifs is 3. The van der Waals surface area contributed by atoms with Crippen LogP contribution in [0.1, 0.15) is 16.2 Å². The summed E-state index contributed by atoms with van der Waals surface area (Å²) in [6.45, 7) is 0.360. The molecule has 4 aromatic rings. The van der Waals surface area contributed by atoms with E-state index in [9.17, 15) is 9.59 Å². The molecule has 0 saturated heterocycles. The van der Waals surface area contributed by atoms with Gasteiger partial charge in [0.25, 0.3) is 11.5 Å². The highest BCUT2D eigenvalue weighted by molar-refractivity contribution is 6.34. The van der Waals surface area contributed by atoms with Gasteiger partial charge in [0.1, 0.15) is 0 Å². The van der Waals surface area contributed by atoms with Crippen LogP contribution in [0.5, 0.6) is 0 Å². The number of carbonyl (C=O) groups is 1. The van der Waals surface area contributed by atoms with E-state index in [1.807, 2.05) is 22.6 Å². The van der Waals surface area contributed by atoms with Crippen molar-refractivity contribution < 1.29 is 4.79 Å². The number of rotatable bonds is 4. The summed E-state index contributed by atoms with van der Waals surface area (Å²) in [4.78, 5) is 24.3. The van der Waals surface area contributed by atoms with Crippen LogP contribution >= 0.6 is 11.6 Å². The Balaban J connectivity index is 1.71. The summed E-state index contributed by atoms with van der Waals surface area (Å²) in [6, 6.07) is 12.5. The first-order valence-electron chi connectivity index (χ1n) is 8.58. The molecule has 4 rings (SSSR count). The zero-order valence-corrected chi connectivity index (χ0v) is 16.0. The first-order chi connectivity index (χ1) is 13.5. The maximum Gasteiger partial charge on any atom is 0.262 e. The van der Waals surface area contributed by atoms with Gasteiger partial charge in [0.2, 0.25) is 5.78 Å². The predicted octanol–water partition coefficient (Wildman–Crippen LogP) is 2.21. The second-order valence-electron chi connectivity index (χ2n) is 6.26. The number of para-hydroxylation sites is 1. The highest BCUT2D eigenvalue weighted by Crippen LogP contribution is 2.22. The summed E-state index contributed by atoms with van der Waals surface area (Å²) < 4.78 is 3.33. The second kappa shape index (κ2) is 6.97. The molecule has 0 bridgehead atoms. The van der Waals surface area contributed by atoms with Gasteiger partial charge in [-0.05, 0) is 30.3 Å². The Morgan fingerprint density at radius 3 is 2.71 bits per heavy atom. The predicted molar refractivity (Wildman–Crippen MR) is 108 cm³/mol. The van der Waals surface area contributed by atoms with Crippen molar-refractivity contribution in [2.45, 2.75) is 6.54 Å². The minimum Gasteiger partial charge on any atom is -0.378 e. The molecule has 2 aromatic heterocycles. The van der Waals surface area contributed by atoms with E-state index in [-0.39, 0.29) is 11.5 Å². The topological polar surface area (TPSA) is 93.3 Å². The fraction of sp³-hybridized carbons (Fsp3) is 0.158. The number of aryl methyl sites for hydroxylation is 1. The molecule has 0 radical (unpaired) electrons. The highest BCUT2D eigenvalue weighted by Gasteiger charge is 2.15. The van der Waals surface area contributed by atoms with E-state index in [1.165, 1.54) is 4.57 Å². The fourth-order valence-corrected chi connectivity index (χ4v) is 3.40. The third-order valence-corrected chi connectivity index (χ3v) is 4.90. The number of hydrogen-bond donors (Lipinski definition) is 2. The number of nitrogens with one attached hydrogen (secondary N) is 2. The number of halogens is 1. The summed E-state index contributed by atoms with van der Waals surface area (Å²) in [5.41, 5.74) is 1.77. The van der Waals surface area contributed by atoms with Crippen molar-refractivity contribution in [3.8, 4) is 0 Å². The van der Waals surface area contributed by atoms with Gasteiger partial charge in [-0.2, -0.15) is 0 Å². The van der Waals surface area contributed by atoms with Crippen molar-refractivity contribution in [2.75, 3.05) is 12.4 Å². The number of anilines is 1. The lowest BCUT2D eigenvalue weighted by Crippen LogP contribution is -2.20. The molecular formula is C19H17ClN6O2. The Morgan fingerprint density at radius 2 is 1.96 bits per heavy atom. The Hall–Kier alpha value is -3.39. The Kier molecular flexibility index (Phi) is 4.48. The summed E-state index contributed by atoms with van der Waals surface area (Å²) in [5, 5.41) is 15.1. The van der Waals surface area contributed by atoms with Gasteiger partial charge in [0.15, 0.2) is 5.82 Å². The van der Waals surface area contributed by atoms with Crippen LogP contribution in [-0.2, 0) is 13.6 Å². The fourth-order valence-electron chi connectivity index (χ4n) is 3.13. The Morgan fingerprint density at radius 1 is 1.18 bits per heavy atom. The molecule has 0 aliphatic rings. The number of aromatic nitrogens is 4. The van der Waals surface area contributed by atoms with Gasteiger partial charge in [0, 0.05) is 19.8 Å². The summed E-state index contributed by atoms with van der Waals surface area (Å²) >= 11 is 6.20. The maximum atomic E-state index is 12.5. The normalized spacial score (nSPS) is 11.1. The minimum absolute atomic E-state index is 0.119. The number of hydrogen-bond acceptors (Lipinski definition) is 5. The smallest absolute Gasteiger partial charge is 0.262 e. The molecule has 0 saturated carbocycles. The van der Waals surface area contributed by atoms with Crippen molar-refractivity contribution in [3.63, 3.8) is 0 Å². The molecular weight excluding hydrogens is 380 g/mol. The molecule has 0 atom stereocenters. The summed E-state index contributed by atoms with van der Waals surface area (Å²) in [5.74, 6) is 0.870. The number of carbonyl (C=O) groups excluding carboxylic acids is 1. The molecule has 9 heteroatoms. The van der Waals surface area contributed by atoms with Crippen molar-refractivity contribution in [3.05, 3.63) is 69.2 Å². The standard InChI is InChI=1S/C19H17ClN6O2/c1-21-17(27)12-8-7-11(9-14(12)20)22-10-16-23-24-19-25(2)18(28)13-5-3-4-6-15(13)26(16)19/h3-9,22H,10H2,1-2H3,(H,21,27). The third kappa shape index (κ3) is 2.87. The Bertz CT molecular complexity index is 1280. The van der Waals surface area contributed by atoms with Crippen LogP contribution in [0.25, 0.3) is 16.7 Å². The molecule has 1 amide bonds. The van der Waals surface area contributed by atoms with Gasteiger partial charge in [-0.3, -0.25) is 18.6 Å². The lowest BCUT2D eigenvalue weighted by atomic mass is 10.2. The molecule has 142 valence electrons. The average Bonchev–Trinajstić information content (AvgIpc) is 3.14. The van der Waals surface area contributed by atoms with Crippen molar-refractivity contribution in [2.24, 2.45) is 7.05 Å². The highest BCUT2D eigenvalue weighted by atomic mass is 35.5. The molecule has 0 aliphatic carbocycles. The van der Waals surface area contributed by atoms with E-state index in [4.69, 9.17) is 11.6 Å². The van der Waals surface area contributed by atoms with E-state index in [0.29, 0.717) is 34.1 Å². The first kappa shape index (κ1) is 18.0. The van der Waals surface area contributed by atoms with Crippen LogP contribution < -0.4 is 16.2 Å². The van der Waals surface area contributed by atoms with Crippen LogP contribution in [0.2, 0.25) is 5.02 Å². The maximum absolute atomic E-state index is 12.5. The van der Waals surface area contributed by atoms with Gasteiger partial charge >= 0.3 is 0 Å². The van der Waals surface area contributed by atoms with Crippen LogP contribution in [-0.4, -0.2) is 32.1 Å². The zero-order chi connectivity index (χ0) is 19.8. The summed E-state index contributed by atoms with van der Waals surface area (Å²) in [6.07, 6.45) is 0. The number of nitrogens with zero attached hydrogens (tertiary/aromatic N) is 4. The monoisotopic (exact) mass is 396 g/mol. The molecule has 0 unspecified atom stereocenters. The molecule has 0 spiro atoms. The first-order valence-corrected chi connectivity index (χ1v) is 8.96. The largest absolute Gasteiger partial charge is 0.378 e. The van der Waals surface area contributed by atoms with Gasteiger partial charge in [0.05, 0.1) is 28.0 Å². The minimum atomic E-state index is -0.243. The van der Waals surface area contributed by atoms with E-state index in [2.05, 4.69) is 20.8 Å². The van der Waals surface area contributed by atoms with Crippen LogP contribution in [0.15, 0.2) is 47.3 Å². The molecule has 2 heterocycles. The van der Waals surface area contributed by atoms with E-state index in [0.717, 1.165) is 11.2 Å². The van der Waals surface area contributed by atoms with Crippen molar-refractivity contribution in [1.82, 2.24) is 24.5 Å².